The van der Waals surface area contributed by atoms with Gasteiger partial charge in [0.25, 0.3) is 0 Å². The fourth-order valence-corrected chi connectivity index (χ4v) is 1.92. The molecular formula is C9H12N4S. The van der Waals surface area contributed by atoms with E-state index in [2.05, 4.69) is 15.3 Å². The largest absolute Gasteiger partial charge is 0.382 e. The lowest BCUT2D eigenvalue weighted by molar-refractivity contribution is 0.781. The van der Waals surface area contributed by atoms with Gasteiger partial charge in [0.05, 0.1) is 15.9 Å². The average Bonchev–Trinajstić information content (AvgIpc) is 2.62. The first-order chi connectivity index (χ1) is 6.77. The van der Waals surface area contributed by atoms with Crippen LogP contribution < -0.4 is 11.1 Å². The summed E-state index contributed by atoms with van der Waals surface area (Å²) in [5, 5.41) is 3.28. The van der Waals surface area contributed by atoms with Crippen LogP contribution in [0.4, 0.5) is 5.69 Å². The molecule has 0 amide bonds. The first-order valence-electron chi connectivity index (χ1n) is 4.45. The molecule has 0 aliphatic heterocycles. The van der Waals surface area contributed by atoms with Gasteiger partial charge in [0.15, 0.2) is 5.65 Å². The quantitative estimate of drug-likeness (QED) is 0.801. The van der Waals surface area contributed by atoms with Crippen molar-refractivity contribution in [2.75, 3.05) is 11.9 Å². The molecule has 0 saturated carbocycles. The van der Waals surface area contributed by atoms with Crippen LogP contribution in [0.1, 0.15) is 6.92 Å². The molecule has 0 saturated heterocycles. The number of fused-ring (bicyclic) bond motifs is 1. The molecule has 2 heterocycles. The molecule has 0 spiro atoms. The Kier molecular flexibility index (Phi) is 2.60. The van der Waals surface area contributed by atoms with Crippen molar-refractivity contribution in [3.63, 3.8) is 0 Å². The lowest BCUT2D eigenvalue weighted by Gasteiger charge is -2.08. The Bertz CT molecular complexity index is 423. The smallest absolute Gasteiger partial charge is 0.172 e. The zero-order valence-corrected chi connectivity index (χ0v) is 8.71. The van der Waals surface area contributed by atoms with Gasteiger partial charge in [-0.05, 0) is 13.0 Å². The number of hydrogen-bond donors (Lipinski definition) is 2. The molecule has 74 valence electrons. The number of hydrogen-bond acceptors (Lipinski definition) is 5. The number of rotatable bonds is 3. The van der Waals surface area contributed by atoms with Crippen molar-refractivity contribution >= 4 is 27.4 Å². The molecule has 0 radical (unpaired) electrons. The highest BCUT2D eigenvalue weighted by Gasteiger charge is 2.03. The molecule has 2 rings (SSSR count). The highest BCUT2D eigenvalue weighted by atomic mass is 32.1. The minimum atomic E-state index is 0.145. The summed E-state index contributed by atoms with van der Waals surface area (Å²) in [6.45, 7) is 2.73. The van der Waals surface area contributed by atoms with Gasteiger partial charge in [0.1, 0.15) is 0 Å². The number of thiazole rings is 1. The zero-order valence-electron chi connectivity index (χ0n) is 7.90. The lowest BCUT2D eigenvalue weighted by atomic mass is 10.3. The average molecular weight is 208 g/mol. The Balaban J connectivity index is 2.27. The van der Waals surface area contributed by atoms with Gasteiger partial charge < -0.3 is 11.1 Å². The molecule has 2 aromatic rings. The SMILES string of the molecule is CC(N)CNc1ccnc2ncsc12. The molecule has 1 atom stereocenters. The van der Waals surface area contributed by atoms with E-state index in [1.807, 2.05) is 13.0 Å². The third kappa shape index (κ3) is 1.83. The highest BCUT2D eigenvalue weighted by molar-refractivity contribution is 7.17. The third-order valence-electron chi connectivity index (χ3n) is 1.85. The minimum Gasteiger partial charge on any atom is -0.382 e. The van der Waals surface area contributed by atoms with Crippen LogP contribution in [0, 0.1) is 0 Å². The molecule has 5 heteroatoms. The molecule has 4 nitrogen and oxygen atoms in total. The zero-order chi connectivity index (χ0) is 9.97. The van der Waals surface area contributed by atoms with Crippen LogP contribution in [0.2, 0.25) is 0 Å². The molecule has 0 aromatic carbocycles. The minimum absolute atomic E-state index is 0.145. The summed E-state index contributed by atoms with van der Waals surface area (Å²) in [5.74, 6) is 0. The molecule has 0 fully saturated rings. The van der Waals surface area contributed by atoms with Crippen molar-refractivity contribution in [2.45, 2.75) is 13.0 Å². The monoisotopic (exact) mass is 208 g/mol. The first-order valence-corrected chi connectivity index (χ1v) is 5.33. The Morgan fingerprint density at radius 1 is 1.57 bits per heavy atom. The summed E-state index contributed by atoms with van der Waals surface area (Å²) in [6, 6.07) is 2.09. The predicted molar refractivity (Wildman–Crippen MR) is 59.6 cm³/mol. The van der Waals surface area contributed by atoms with Gasteiger partial charge in [-0.1, -0.05) is 0 Å². The van der Waals surface area contributed by atoms with E-state index in [4.69, 9.17) is 5.73 Å². The molecule has 1 unspecified atom stereocenters. The van der Waals surface area contributed by atoms with Crippen LogP contribution >= 0.6 is 11.3 Å². The van der Waals surface area contributed by atoms with E-state index in [1.165, 1.54) is 0 Å². The number of aromatic nitrogens is 2. The lowest BCUT2D eigenvalue weighted by Crippen LogP contribution is -2.25. The Morgan fingerprint density at radius 3 is 3.21 bits per heavy atom. The molecule has 0 bridgehead atoms. The van der Waals surface area contributed by atoms with Crippen LogP contribution in [-0.2, 0) is 0 Å². The van der Waals surface area contributed by atoms with Crippen molar-refractivity contribution in [1.82, 2.24) is 9.97 Å². The Morgan fingerprint density at radius 2 is 2.43 bits per heavy atom. The first kappa shape index (κ1) is 9.36. The van der Waals surface area contributed by atoms with Crippen LogP contribution in [0.3, 0.4) is 0 Å². The van der Waals surface area contributed by atoms with Gasteiger partial charge in [-0.25, -0.2) is 9.97 Å². The van der Waals surface area contributed by atoms with Crippen molar-refractivity contribution in [1.29, 1.82) is 0 Å². The second-order valence-corrected chi connectivity index (χ2v) is 4.08. The van der Waals surface area contributed by atoms with Gasteiger partial charge in [-0.3, -0.25) is 0 Å². The second kappa shape index (κ2) is 3.89. The van der Waals surface area contributed by atoms with E-state index < -0.39 is 0 Å². The van der Waals surface area contributed by atoms with E-state index in [0.29, 0.717) is 0 Å². The predicted octanol–water partition coefficient (Wildman–Crippen LogP) is 1.45. The molecule has 0 aliphatic rings. The summed E-state index contributed by atoms with van der Waals surface area (Å²) in [6.07, 6.45) is 1.76. The van der Waals surface area contributed by atoms with Crippen LogP contribution in [0.25, 0.3) is 10.3 Å². The Hall–Kier alpha value is -1.20. The molecule has 14 heavy (non-hydrogen) atoms. The fourth-order valence-electron chi connectivity index (χ4n) is 1.18. The molecule has 2 aromatic heterocycles. The van der Waals surface area contributed by atoms with E-state index in [9.17, 15) is 0 Å². The van der Waals surface area contributed by atoms with Crippen LogP contribution in [-0.4, -0.2) is 22.6 Å². The van der Waals surface area contributed by atoms with Crippen LogP contribution in [0.15, 0.2) is 17.8 Å². The van der Waals surface area contributed by atoms with Gasteiger partial charge in [-0.2, -0.15) is 0 Å². The third-order valence-corrected chi connectivity index (χ3v) is 2.69. The summed E-state index contributed by atoms with van der Waals surface area (Å²) in [7, 11) is 0. The van der Waals surface area contributed by atoms with Crippen molar-refractivity contribution in [2.24, 2.45) is 5.73 Å². The number of nitrogens with zero attached hydrogens (tertiary/aromatic N) is 2. The van der Waals surface area contributed by atoms with Crippen molar-refractivity contribution in [3.8, 4) is 0 Å². The normalized spacial score (nSPS) is 13.0. The van der Waals surface area contributed by atoms with E-state index in [0.717, 1.165) is 22.6 Å². The van der Waals surface area contributed by atoms with Gasteiger partial charge in [0.2, 0.25) is 0 Å². The molecular weight excluding hydrogens is 196 g/mol. The van der Waals surface area contributed by atoms with E-state index in [1.54, 1.807) is 23.0 Å². The molecule has 0 aliphatic carbocycles. The standard InChI is InChI=1S/C9H12N4S/c1-6(10)4-12-7-2-3-11-9-8(7)14-5-13-9/h2-3,5-6H,4,10H2,1H3,(H,11,12). The number of nitrogens with one attached hydrogen (secondary N) is 1. The summed E-state index contributed by atoms with van der Waals surface area (Å²) >= 11 is 1.59. The van der Waals surface area contributed by atoms with E-state index in [-0.39, 0.29) is 6.04 Å². The number of nitrogens with two attached hydrogens (primary N) is 1. The maximum atomic E-state index is 5.67. The topological polar surface area (TPSA) is 63.8 Å². The number of pyridine rings is 1. The maximum absolute atomic E-state index is 5.67. The van der Waals surface area contributed by atoms with Crippen LogP contribution in [0.5, 0.6) is 0 Å². The van der Waals surface area contributed by atoms with Gasteiger partial charge in [-0.15, -0.1) is 11.3 Å². The van der Waals surface area contributed by atoms with Gasteiger partial charge in [0, 0.05) is 18.8 Å². The van der Waals surface area contributed by atoms with E-state index >= 15 is 0 Å². The summed E-state index contributed by atoms with van der Waals surface area (Å²) in [5.41, 5.74) is 9.33. The van der Waals surface area contributed by atoms with Crippen molar-refractivity contribution in [3.05, 3.63) is 17.8 Å². The summed E-state index contributed by atoms with van der Waals surface area (Å²) < 4.78 is 1.09. The Labute approximate surface area is 86.2 Å². The maximum Gasteiger partial charge on any atom is 0.172 e. The highest BCUT2D eigenvalue weighted by Crippen LogP contribution is 2.24. The fraction of sp³-hybridized carbons (Fsp3) is 0.333. The van der Waals surface area contributed by atoms with Crippen molar-refractivity contribution < 1.29 is 0 Å². The second-order valence-electron chi connectivity index (χ2n) is 3.22. The number of anilines is 1. The summed E-state index contributed by atoms with van der Waals surface area (Å²) in [4.78, 5) is 8.30. The molecule has 3 N–H and O–H groups in total. The van der Waals surface area contributed by atoms with Gasteiger partial charge >= 0.3 is 0 Å².